The van der Waals surface area contributed by atoms with Crippen molar-refractivity contribution < 1.29 is 9.90 Å². The molecule has 4 N–H and O–H groups in total. The molecular formula is C23H26N4O2S. The molecule has 156 valence electrons. The molecule has 0 aliphatic carbocycles. The highest BCUT2D eigenvalue weighted by atomic mass is 32.1. The molecule has 1 aromatic carbocycles. The van der Waals surface area contributed by atoms with Crippen LogP contribution in [0.1, 0.15) is 34.9 Å². The largest absolute Gasteiger partial charge is 0.481 e. The number of hydrogen-bond acceptors (Lipinski definition) is 6. The lowest BCUT2D eigenvalue weighted by Crippen LogP contribution is -2.44. The van der Waals surface area contributed by atoms with E-state index in [1.54, 1.807) is 24.5 Å². The third kappa shape index (κ3) is 4.63. The van der Waals surface area contributed by atoms with Crippen LogP contribution in [-0.2, 0) is 11.2 Å². The van der Waals surface area contributed by atoms with Crippen molar-refractivity contribution in [3.05, 3.63) is 76.1 Å². The van der Waals surface area contributed by atoms with Crippen molar-refractivity contribution in [2.24, 2.45) is 0 Å². The van der Waals surface area contributed by atoms with Crippen molar-refractivity contribution >= 4 is 28.8 Å². The lowest BCUT2D eigenvalue weighted by molar-refractivity contribution is -0.138. The van der Waals surface area contributed by atoms with Crippen LogP contribution in [-0.4, -0.2) is 35.2 Å². The molecule has 0 bridgehead atoms. The highest BCUT2D eigenvalue weighted by molar-refractivity contribution is 7.10. The first-order valence-corrected chi connectivity index (χ1v) is 11.0. The Bertz CT molecular complexity index is 992. The molecule has 7 heteroatoms. The lowest BCUT2D eigenvalue weighted by Gasteiger charge is -2.34. The molecule has 0 saturated heterocycles. The second kappa shape index (κ2) is 9.28. The number of benzene rings is 1. The number of fused-ring (bicyclic) bond motifs is 1. The van der Waals surface area contributed by atoms with E-state index in [-0.39, 0.29) is 12.1 Å². The highest BCUT2D eigenvalue weighted by Crippen LogP contribution is 2.28. The van der Waals surface area contributed by atoms with Crippen molar-refractivity contribution in [3.8, 4) is 0 Å². The van der Waals surface area contributed by atoms with Crippen LogP contribution in [0.25, 0.3) is 0 Å². The fraction of sp³-hybridized carbons (Fsp3) is 0.304. The summed E-state index contributed by atoms with van der Waals surface area (Å²) in [6.45, 7) is 3.32. The number of carboxylic acid groups (broad SMARTS) is 1. The zero-order chi connectivity index (χ0) is 20.9. The smallest absolute Gasteiger partial charge is 0.310 e. The predicted molar refractivity (Wildman–Crippen MR) is 121 cm³/mol. The van der Waals surface area contributed by atoms with E-state index < -0.39 is 11.9 Å². The zero-order valence-electron chi connectivity index (χ0n) is 16.8. The van der Waals surface area contributed by atoms with Gasteiger partial charge in [-0.25, -0.2) is 4.98 Å². The summed E-state index contributed by atoms with van der Waals surface area (Å²) in [7, 11) is 0. The summed E-state index contributed by atoms with van der Waals surface area (Å²) in [5, 5.41) is 21.9. The van der Waals surface area contributed by atoms with Gasteiger partial charge in [0.1, 0.15) is 5.82 Å². The summed E-state index contributed by atoms with van der Waals surface area (Å²) in [6, 6.07) is 16.7. The van der Waals surface area contributed by atoms with Gasteiger partial charge in [0.2, 0.25) is 0 Å². The van der Waals surface area contributed by atoms with Crippen LogP contribution in [0.3, 0.4) is 0 Å². The van der Waals surface area contributed by atoms with Crippen LogP contribution in [0.5, 0.6) is 0 Å². The van der Waals surface area contributed by atoms with Crippen LogP contribution in [0.4, 0.5) is 11.5 Å². The molecule has 0 radical (unpaired) electrons. The van der Waals surface area contributed by atoms with Gasteiger partial charge in [0.25, 0.3) is 0 Å². The van der Waals surface area contributed by atoms with Gasteiger partial charge in [0.05, 0.1) is 23.7 Å². The SMILES string of the molecule is C[C@@H](C(=O)O)c1csc(CCN[C@H](c2ccccc2)[C@H]2CNc3cccnc3N2)c1. The van der Waals surface area contributed by atoms with E-state index in [0.717, 1.165) is 36.6 Å². The highest BCUT2D eigenvalue weighted by Gasteiger charge is 2.27. The fourth-order valence-corrected chi connectivity index (χ4v) is 4.70. The maximum absolute atomic E-state index is 11.2. The molecular weight excluding hydrogens is 396 g/mol. The zero-order valence-corrected chi connectivity index (χ0v) is 17.7. The number of rotatable bonds is 8. The van der Waals surface area contributed by atoms with E-state index in [0.29, 0.717) is 0 Å². The first-order chi connectivity index (χ1) is 14.6. The number of carboxylic acids is 1. The average Bonchev–Trinajstić information content (AvgIpc) is 3.25. The van der Waals surface area contributed by atoms with Gasteiger partial charge in [0, 0.05) is 24.2 Å². The number of anilines is 2. The lowest BCUT2D eigenvalue weighted by atomic mass is 9.97. The van der Waals surface area contributed by atoms with Gasteiger partial charge < -0.3 is 21.1 Å². The maximum atomic E-state index is 11.2. The van der Waals surface area contributed by atoms with Crippen molar-refractivity contribution in [2.75, 3.05) is 23.7 Å². The third-order valence-electron chi connectivity index (χ3n) is 5.48. The molecule has 0 fully saturated rings. The van der Waals surface area contributed by atoms with Gasteiger partial charge in [0.15, 0.2) is 0 Å². The van der Waals surface area contributed by atoms with Crippen LogP contribution in [0, 0.1) is 0 Å². The standard InChI is InChI=1S/C23H26N4O2S/c1-15(23(28)29)17-12-18(30-14-17)9-11-24-21(16-6-3-2-4-7-16)20-13-26-19-8-5-10-25-22(19)27-20/h2-8,10,12,14-15,20-21,24,26H,9,11,13H2,1H3,(H,25,27)(H,28,29)/t15-,20-,21-/m1/s1. The van der Waals surface area contributed by atoms with Crippen molar-refractivity contribution in [2.45, 2.75) is 31.3 Å². The monoisotopic (exact) mass is 422 g/mol. The van der Waals surface area contributed by atoms with E-state index in [1.807, 2.05) is 29.6 Å². The van der Waals surface area contributed by atoms with Crippen molar-refractivity contribution in [3.63, 3.8) is 0 Å². The average molecular weight is 423 g/mol. The second-order valence-corrected chi connectivity index (χ2v) is 8.53. The first kappa shape index (κ1) is 20.4. The molecule has 4 rings (SSSR count). The van der Waals surface area contributed by atoms with E-state index in [4.69, 9.17) is 0 Å². The minimum atomic E-state index is -0.786. The van der Waals surface area contributed by atoms with Gasteiger partial charge in [-0.15, -0.1) is 11.3 Å². The van der Waals surface area contributed by atoms with Gasteiger partial charge in [-0.3, -0.25) is 4.79 Å². The molecule has 30 heavy (non-hydrogen) atoms. The summed E-state index contributed by atoms with van der Waals surface area (Å²) in [6.07, 6.45) is 2.66. The summed E-state index contributed by atoms with van der Waals surface area (Å²) in [5.74, 6) is -0.376. The molecule has 2 aromatic heterocycles. The summed E-state index contributed by atoms with van der Waals surface area (Å²) in [4.78, 5) is 16.9. The second-order valence-electron chi connectivity index (χ2n) is 7.53. The Hall–Kier alpha value is -2.90. The van der Waals surface area contributed by atoms with E-state index in [9.17, 15) is 9.90 Å². The number of thiophene rings is 1. The maximum Gasteiger partial charge on any atom is 0.310 e. The normalized spacial score (nSPS) is 17.3. The summed E-state index contributed by atoms with van der Waals surface area (Å²) < 4.78 is 0. The van der Waals surface area contributed by atoms with Crippen LogP contribution in [0.2, 0.25) is 0 Å². The third-order valence-corrected chi connectivity index (χ3v) is 6.50. The minimum Gasteiger partial charge on any atom is -0.481 e. The molecule has 0 amide bonds. The topological polar surface area (TPSA) is 86.3 Å². The number of pyridine rings is 1. The van der Waals surface area contributed by atoms with Crippen LogP contribution in [0.15, 0.2) is 60.1 Å². The van der Waals surface area contributed by atoms with Gasteiger partial charge >= 0.3 is 5.97 Å². The first-order valence-electron chi connectivity index (χ1n) is 10.2. The molecule has 0 spiro atoms. The van der Waals surface area contributed by atoms with E-state index >= 15 is 0 Å². The van der Waals surface area contributed by atoms with Gasteiger partial charge in [-0.05, 0) is 48.1 Å². The Kier molecular flexibility index (Phi) is 6.30. The quantitative estimate of drug-likeness (QED) is 0.437. The molecule has 0 unspecified atom stereocenters. The molecule has 1 aliphatic rings. The summed E-state index contributed by atoms with van der Waals surface area (Å²) in [5.41, 5.74) is 3.13. The molecule has 3 heterocycles. The number of nitrogens with one attached hydrogen (secondary N) is 3. The van der Waals surface area contributed by atoms with Gasteiger partial charge in [-0.2, -0.15) is 0 Å². The fourth-order valence-electron chi connectivity index (χ4n) is 3.71. The summed E-state index contributed by atoms with van der Waals surface area (Å²) >= 11 is 1.63. The number of hydrogen-bond donors (Lipinski definition) is 4. The minimum absolute atomic E-state index is 0.117. The van der Waals surface area contributed by atoms with Gasteiger partial charge in [-0.1, -0.05) is 30.3 Å². The van der Waals surface area contributed by atoms with Crippen LogP contribution >= 0.6 is 11.3 Å². The molecule has 1 aliphatic heterocycles. The molecule has 3 aromatic rings. The van der Waals surface area contributed by atoms with Crippen molar-refractivity contribution in [1.82, 2.24) is 10.3 Å². The Morgan fingerprint density at radius 3 is 2.90 bits per heavy atom. The number of nitrogens with zero attached hydrogens (tertiary/aromatic N) is 1. The Labute approximate surface area is 180 Å². The van der Waals surface area contributed by atoms with Crippen molar-refractivity contribution in [1.29, 1.82) is 0 Å². The molecule has 6 nitrogen and oxygen atoms in total. The molecule has 3 atom stereocenters. The van der Waals surface area contributed by atoms with Crippen LogP contribution < -0.4 is 16.0 Å². The Balaban J connectivity index is 1.44. The predicted octanol–water partition coefficient (Wildman–Crippen LogP) is 4.11. The van der Waals surface area contributed by atoms with E-state index in [1.165, 1.54) is 10.4 Å². The number of carbonyl (C=O) groups is 1. The number of aromatic nitrogens is 1. The Morgan fingerprint density at radius 2 is 2.10 bits per heavy atom. The van der Waals surface area contributed by atoms with E-state index in [2.05, 4.69) is 45.2 Å². The Morgan fingerprint density at radius 1 is 1.27 bits per heavy atom. The number of aliphatic carboxylic acids is 1. The molecule has 0 saturated carbocycles.